The Labute approximate surface area is 200 Å². The number of hydrogen-bond acceptors (Lipinski definition) is 7. The highest BCUT2D eigenvalue weighted by Crippen LogP contribution is 2.34. The van der Waals surface area contributed by atoms with Gasteiger partial charge in [0.2, 0.25) is 15.9 Å². The minimum Gasteiger partial charge on any atom is -0.497 e. The number of pyridine rings is 1. The molecular formula is C25H19N3O6S. The summed E-state index contributed by atoms with van der Waals surface area (Å²) in [7, 11) is -1.84. The number of sulfonamides is 1. The first kappa shape index (κ1) is 22.4. The molecule has 0 atom stereocenters. The largest absolute Gasteiger partial charge is 0.497 e. The van der Waals surface area contributed by atoms with Crippen molar-refractivity contribution >= 4 is 43.7 Å². The summed E-state index contributed by atoms with van der Waals surface area (Å²) in [6.45, 7) is 0. The van der Waals surface area contributed by atoms with Crippen molar-refractivity contribution in [3.63, 3.8) is 0 Å². The standard InChI is InChI=1S/C25H19N3O6S/c1-33-17-5-3-4-15(12-17)24-27-20-11-10-19-22(23(20)34-24)18(25(29)30)13-21(26-19)14-6-8-16(9-7-14)28-35(2,31)32/h3-13,28H,1-2H3,(H,29,30). The summed E-state index contributed by atoms with van der Waals surface area (Å²) >= 11 is 0. The number of nitrogens with one attached hydrogen (secondary N) is 1. The van der Waals surface area contributed by atoms with E-state index in [0.717, 1.165) is 6.26 Å². The summed E-state index contributed by atoms with van der Waals surface area (Å²) < 4.78 is 36.6. The number of aromatic carboxylic acids is 1. The highest BCUT2D eigenvalue weighted by atomic mass is 32.2. The van der Waals surface area contributed by atoms with Crippen molar-refractivity contribution in [2.24, 2.45) is 0 Å². The third-order valence-corrected chi connectivity index (χ3v) is 5.96. The van der Waals surface area contributed by atoms with Crippen molar-refractivity contribution in [1.82, 2.24) is 9.97 Å². The first-order chi connectivity index (χ1) is 16.7. The normalized spacial score (nSPS) is 11.6. The lowest BCUT2D eigenvalue weighted by Crippen LogP contribution is -2.09. The average Bonchev–Trinajstić information content (AvgIpc) is 3.27. The van der Waals surface area contributed by atoms with Gasteiger partial charge in [-0.1, -0.05) is 18.2 Å². The van der Waals surface area contributed by atoms with E-state index in [1.165, 1.54) is 6.07 Å². The highest BCUT2D eigenvalue weighted by Gasteiger charge is 2.20. The van der Waals surface area contributed by atoms with Crippen LogP contribution in [0.3, 0.4) is 0 Å². The van der Waals surface area contributed by atoms with Gasteiger partial charge in [0, 0.05) is 16.8 Å². The minimum atomic E-state index is -3.41. The number of hydrogen-bond donors (Lipinski definition) is 2. The molecule has 0 amide bonds. The van der Waals surface area contributed by atoms with Crippen LogP contribution in [0.25, 0.3) is 44.7 Å². The van der Waals surface area contributed by atoms with Gasteiger partial charge in [0.05, 0.1) is 35.5 Å². The third kappa shape index (κ3) is 4.38. The second kappa shape index (κ2) is 8.41. The molecule has 0 aliphatic rings. The summed E-state index contributed by atoms with van der Waals surface area (Å²) in [6, 6.07) is 18.6. The van der Waals surface area contributed by atoms with Gasteiger partial charge in [-0.3, -0.25) is 4.72 Å². The maximum Gasteiger partial charge on any atom is 0.336 e. The van der Waals surface area contributed by atoms with Crippen LogP contribution in [0.5, 0.6) is 5.75 Å². The molecule has 0 bridgehead atoms. The summed E-state index contributed by atoms with van der Waals surface area (Å²) in [6.07, 6.45) is 1.06. The van der Waals surface area contributed by atoms with Crippen LogP contribution in [0.1, 0.15) is 10.4 Å². The van der Waals surface area contributed by atoms with Crippen LogP contribution in [0.4, 0.5) is 5.69 Å². The SMILES string of the molecule is COc1cccc(-c2nc3ccc4nc(-c5ccc(NS(C)(=O)=O)cc5)cc(C(=O)O)c4c3o2)c1. The quantitative estimate of drug-likeness (QED) is 0.348. The van der Waals surface area contributed by atoms with E-state index < -0.39 is 16.0 Å². The Hall–Kier alpha value is -4.44. The molecule has 35 heavy (non-hydrogen) atoms. The maximum atomic E-state index is 12.2. The predicted octanol–water partition coefficient (Wildman–Crippen LogP) is 4.79. The molecule has 0 aliphatic carbocycles. The zero-order valence-corrected chi connectivity index (χ0v) is 19.5. The van der Waals surface area contributed by atoms with Crippen LogP contribution >= 0.6 is 0 Å². The molecular weight excluding hydrogens is 470 g/mol. The van der Waals surface area contributed by atoms with Crippen LogP contribution < -0.4 is 9.46 Å². The minimum absolute atomic E-state index is 0.0160. The molecule has 0 spiro atoms. The van der Waals surface area contributed by atoms with E-state index in [2.05, 4.69) is 14.7 Å². The van der Waals surface area contributed by atoms with Crippen LogP contribution in [-0.4, -0.2) is 42.8 Å². The molecule has 0 fully saturated rings. The van der Waals surface area contributed by atoms with Gasteiger partial charge < -0.3 is 14.3 Å². The summed E-state index contributed by atoms with van der Waals surface area (Å²) in [5, 5.41) is 10.3. The molecule has 2 aromatic heterocycles. The van der Waals surface area contributed by atoms with Crippen molar-refractivity contribution in [2.75, 3.05) is 18.1 Å². The molecule has 10 heteroatoms. The lowest BCUT2D eigenvalue weighted by molar-refractivity contribution is 0.0699. The van der Waals surface area contributed by atoms with E-state index in [9.17, 15) is 18.3 Å². The van der Waals surface area contributed by atoms with E-state index in [0.29, 0.717) is 56.2 Å². The number of nitrogens with zero attached hydrogens (tertiary/aromatic N) is 2. The van der Waals surface area contributed by atoms with Crippen molar-refractivity contribution < 1.29 is 27.5 Å². The van der Waals surface area contributed by atoms with Crippen molar-refractivity contribution in [2.45, 2.75) is 0 Å². The second-order valence-electron chi connectivity index (χ2n) is 7.87. The zero-order chi connectivity index (χ0) is 24.7. The van der Waals surface area contributed by atoms with Crippen molar-refractivity contribution in [1.29, 1.82) is 0 Å². The highest BCUT2D eigenvalue weighted by molar-refractivity contribution is 7.92. The number of aromatic nitrogens is 2. The number of carboxylic acid groups (broad SMARTS) is 1. The van der Waals surface area contributed by atoms with Crippen LogP contribution in [0.2, 0.25) is 0 Å². The van der Waals surface area contributed by atoms with Gasteiger partial charge in [-0.15, -0.1) is 0 Å². The lowest BCUT2D eigenvalue weighted by Gasteiger charge is -2.09. The smallest absolute Gasteiger partial charge is 0.336 e. The average molecular weight is 490 g/mol. The number of oxazole rings is 1. The summed E-state index contributed by atoms with van der Waals surface area (Å²) in [4.78, 5) is 21.4. The molecule has 2 heterocycles. The van der Waals surface area contributed by atoms with Crippen molar-refractivity contribution in [3.8, 4) is 28.5 Å². The molecule has 2 N–H and O–H groups in total. The molecule has 0 unspecified atom stereocenters. The van der Waals surface area contributed by atoms with E-state index in [1.807, 2.05) is 12.1 Å². The Balaban J connectivity index is 1.64. The zero-order valence-electron chi connectivity index (χ0n) is 18.6. The maximum absolute atomic E-state index is 12.2. The molecule has 5 rings (SSSR count). The molecule has 5 aromatic rings. The van der Waals surface area contributed by atoms with Gasteiger partial charge in [0.15, 0.2) is 5.58 Å². The predicted molar refractivity (Wildman–Crippen MR) is 132 cm³/mol. The molecule has 0 saturated heterocycles. The van der Waals surface area contributed by atoms with Gasteiger partial charge in [-0.25, -0.2) is 23.2 Å². The Morgan fingerprint density at radius 3 is 2.40 bits per heavy atom. The fraction of sp³-hybridized carbons (Fsp3) is 0.0800. The Bertz CT molecular complexity index is 1710. The molecule has 3 aromatic carbocycles. The summed E-state index contributed by atoms with van der Waals surface area (Å²) in [5.41, 5.74) is 3.41. The van der Waals surface area contributed by atoms with E-state index in [4.69, 9.17) is 9.15 Å². The van der Waals surface area contributed by atoms with Gasteiger partial charge in [0.25, 0.3) is 0 Å². The Morgan fingerprint density at radius 2 is 1.71 bits per heavy atom. The van der Waals surface area contributed by atoms with Crippen LogP contribution in [0, 0.1) is 0 Å². The molecule has 9 nitrogen and oxygen atoms in total. The van der Waals surface area contributed by atoms with Crippen molar-refractivity contribution in [3.05, 3.63) is 72.3 Å². The summed E-state index contributed by atoms with van der Waals surface area (Å²) in [5.74, 6) is -0.161. The number of fused-ring (bicyclic) bond motifs is 3. The first-order valence-corrected chi connectivity index (χ1v) is 12.3. The Kier molecular flexibility index (Phi) is 5.37. The van der Waals surface area contributed by atoms with Gasteiger partial charge in [-0.2, -0.15) is 0 Å². The number of methoxy groups -OCH3 is 1. The fourth-order valence-corrected chi connectivity index (χ4v) is 4.39. The molecule has 0 aliphatic heterocycles. The van der Waals surface area contributed by atoms with Crippen LogP contribution in [0.15, 0.2) is 71.1 Å². The Morgan fingerprint density at radius 1 is 0.971 bits per heavy atom. The number of rotatable bonds is 6. The first-order valence-electron chi connectivity index (χ1n) is 10.4. The number of benzene rings is 3. The number of anilines is 1. The lowest BCUT2D eigenvalue weighted by atomic mass is 10.0. The second-order valence-corrected chi connectivity index (χ2v) is 9.62. The molecule has 0 radical (unpaired) electrons. The number of carbonyl (C=O) groups is 1. The monoisotopic (exact) mass is 489 g/mol. The van der Waals surface area contributed by atoms with Gasteiger partial charge in [0.1, 0.15) is 11.3 Å². The fourth-order valence-electron chi connectivity index (χ4n) is 3.83. The van der Waals surface area contributed by atoms with Gasteiger partial charge in [-0.05, 0) is 48.5 Å². The molecule has 176 valence electrons. The van der Waals surface area contributed by atoms with E-state index in [-0.39, 0.29) is 5.56 Å². The number of ether oxygens (including phenoxy) is 1. The third-order valence-electron chi connectivity index (χ3n) is 5.36. The van der Waals surface area contributed by atoms with Gasteiger partial charge >= 0.3 is 5.97 Å². The topological polar surface area (TPSA) is 132 Å². The van der Waals surface area contributed by atoms with Crippen LogP contribution in [-0.2, 0) is 10.0 Å². The molecule has 0 saturated carbocycles. The number of carboxylic acids is 1. The van der Waals surface area contributed by atoms with E-state index in [1.54, 1.807) is 55.6 Å². The van der Waals surface area contributed by atoms with E-state index >= 15 is 0 Å².